The maximum atomic E-state index is 13.3. The van der Waals surface area contributed by atoms with Crippen LogP contribution in [-0.4, -0.2) is 5.97 Å². The third-order valence-electron chi connectivity index (χ3n) is 4.17. The van der Waals surface area contributed by atoms with Crippen molar-refractivity contribution in [2.75, 3.05) is 0 Å². The molecule has 0 aliphatic carbocycles. The van der Waals surface area contributed by atoms with E-state index >= 15 is 0 Å². The minimum atomic E-state index is -0.893. The van der Waals surface area contributed by atoms with Crippen LogP contribution in [0, 0.1) is 11.6 Å². The molecule has 0 unspecified atom stereocenters. The molecule has 0 amide bonds. The van der Waals surface area contributed by atoms with E-state index in [0.717, 1.165) is 22.9 Å². The van der Waals surface area contributed by atoms with E-state index in [9.17, 15) is 18.4 Å². The molecule has 27 heavy (non-hydrogen) atoms. The molecule has 0 N–H and O–H groups in total. The highest BCUT2D eigenvalue weighted by molar-refractivity contribution is 6.07. The van der Waals surface area contributed by atoms with Gasteiger partial charge in [0, 0.05) is 23.1 Å². The molecule has 0 saturated carbocycles. The van der Waals surface area contributed by atoms with Gasteiger partial charge in [-0.1, -0.05) is 30.3 Å². The van der Waals surface area contributed by atoms with Crippen LogP contribution in [0.4, 0.5) is 8.78 Å². The Hall–Kier alpha value is -3.54. The highest BCUT2D eigenvalue weighted by Gasteiger charge is 2.14. The summed E-state index contributed by atoms with van der Waals surface area (Å²) in [5, 5.41) is 2.41. The number of rotatable bonds is 3. The van der Waals surface area contributed by atoms with Gasteiger partial charge in [-0.3, -0.25) is 0 Å². The van der Waals surface area contributed by atoms with Crippen molar-refractivity contribution in [3.05, 3.63) is 93.8 Å². The maximum absolute atomic E-state index is 13.3. The molecule has 134 valence electrons. The number of halogens is 2. The zero-order valence-corrected chi connectivity index (χ0v) is 13.9. The molecule has 0 aliphatic rings. The first-order chi connectivity index (χ1) is 13.0. The molecule has 4 aromatic rings. The lowest BCUT2D eigenvalue weighted by molar-refractivity contribution is 0.0472. The fourth-order valence-electron chi connectivity index (χ4n) is 3.03. The molecule has 0 bridgehead atoms. The lowest BCUT2D eigenvalue weighted by Gasteiger charge is -2.10. The zero-order valence-electron chi connectivity index (χ0n) is 13.9. The minimum absolute atomic E-state index is 0.243. The summed E-state index contributed by atoms with van der Waals surface area (Å²) >= 11 is 0. The average molecular weight is 366 g/mol. The third-order valence-corrected chi connectivity index (χ3v) is 4.17. The van der Waals surface area contributed by atoms with Gasteiger partial charge in [0.25, 0.3) is 0 Å². The summed E-state index contributed by atoms with van der Waals surface area (Å²) in [6.45, 7) is -0.243. The van der Waals surface area contributed by atoms with Crippen molar-refractivity contribution in [1.29, 1.82) is 0 Å². The molecule has 0 atom stereocenters. The molecule has 0 saturated heterocycles. The quantitative estimate of drug-likeness (QED) is 0.303. The molecule has 1 aromatic heterocycles. The summed E-state index contributed by atoms with van der Waals surface area (Å²) in [6.07, 6.45) is 0. The van der Waals surface area contributed by atoms with Crippen molar-refractivity contribution in [2.24, 2.45) is 0 Å². The van der Waals surface area contributed by atoms with Gasteiger partial charge in [-0.15, -0.1) is 0 Å². The standard InChI is InChI=1S/C21H12F2O4/c22-15-7-13(8-16(23)10-15)21(25)26-11-14-9-19(24)27-18-6-5-12-3-1-2-4-17(12)20(14)18/h1-10H,11H2. The van der Waals surface area contributed by atoms with Crippen molar-refractivity contribution in [3.8, 4) is 0 Å². The topological polar surface area (TPSA) is 56.5 Å². The molecule has 0 radical (unpaired) electrons. The lowest BCUT2D eigenvalue weighted by atomic mass is 10.0. The minimum Gasteiger partial charge on any atom is -0.457 e. The number of fused-ring (bicyclic) bond motifs is 3. The molecule has 0 spiro atoms. The Balaban J connectivity index is 1.74. The normalized spacial score (nSPS) is 11.0. The van der Waals surface area contributed by atoms with E-state index in [0.29, 0.717) is 22.6 Å². The SMILES string of the molecule is O=C(OCc1cc(=O)oc2ccc3ccccc3c12)c1cc(F)cc(F)c1. The van der Waals surface area contributed by atoms with Gasteiger partial charge in [-0.25, -0.2) is 18.4 Å². The van der Waals surface area contributed by atoms with Crippen molar-refractivity contribution in [3.63, 3.8) is 0 Å². The largest absolute Gasteiger partial charge is 0.457 e. The van der Waals surface area contributed by atoms with Crippen LogP contribution in [0.2, 0.25) is 0 Å². The van der Waals surface area contributed by atoms with Crippen molar-refractivity contribution >= 4 is 27.7 Å². The number of carbonyl (C=O) groups excluding carboxylic acids is 1. The van der Waals surface area contributed by atoms with E-state index in [1.54, 1.807) is 6.07 Å². The fourth-order valence-corrected chi connectivity index (χ4v) is 3.03. The predicted octanol–water partition coefficient (Wildman–Crippen LogP) is 4.58. The highest BCUT2D eigenvalue weighted by atomic mass is 19.1. The predicted molar refractivity (Wildman–Crippen MR) is 95.5 cm³/mol. The number of hydrogen-bond donors (Lipinski definition) is 0. The van der Waals surface area contributed by atoms with Gasteiger partial charge in [-0.2, -0.15) is 0 Å². The molecule has 6 heteroatoms. The van der Waals surface area contributed by atoms with E-state index in [4.69, 9.17) is 9.15 Å². The van der Waals surface area contributed by atoms with Crippen LogP contribution in [0.25, 0.3) is 21.7 Å². The summed E-state index contributed by atoms with van der Waals surface area (Å²) < 4.78 is 37.0. The van der Waals surface area contributed by atoms with Gasteiger partial charge in [0.15, 0.2) is 0 Å². The zero-order chi connectivity index (χ0) is 19.0. The second-order valence-corrected chi connectivity index (χ2v) is 5.98. The Kier molecular flexibility index (Phi) is 4.16. The molecular formula is C21H12F2O4. The van der Waals surface area contributed by atoms with Gasteiger partial charge in [0.2, 0.25) is 0 Å². The van der Waals surface area contributed by atoms with Gasteiger partial charge in [0.1, 0.15) is 23.8 Å². The Morgan fingerprint density at radius 1 is 0.963 bits per heavy atom. The highest BCUT2D eigenvalue weighted by Crippen LogP contribution is 2.28. The maximum Gasteiger partial charge on any atom is 0.338 e. The Labute approximate surface area is 151 Å². The number of hydrogen-bond acceptors (Lipinski definition) is 4. The summed E-state index contributed by atoms with van der Waals surface area (Å²) in [5.74, 6) is -2.65. The molecule has 0 aliphatic heterocycles. The Bertz CT molecular complexity index is 1220. The van der Waals surface area contributed by atoms with E-state index in [1.807, 2.05) is 30.3 Å². The second-order valence-electron chi connectivity index (χ2n) is 5.98. The van der Waals surface area contributed by atoms with Crippen molar-refractivity contribution < 1.29 is 22.7 Å². The average Bonchev–Trinajstić information content (AvgIpc) is 2.64. The van der Waals surface area contributed by atoms with Gasteiger partial charge >= 0.3 is 11.6 Å². The number of benzene rings is 3. The first-order valence-corrected chi connectivity index (χ1v) is 8.09. The molecule has 1 heterocycles. The molecule has 0 fully saturated rings. The summed E-state index contributed by atoms with van der Waals surface area (Å²) in [5.41, 5.74) is -0.0161. The van der Waals surface area contributed by atoms with Crippen LogP contribution < -0.4 is 5.63 Å². The van der Waals surface area contributed by atoms with E-state index in [1.165, 1.54) is 6.07 Å². The number of ether oxygens (including phenoxy) is 1. The van der Waals surface area contributed by atoms with Gasteiger partial charge < -0.3 is 9.15 Å². The smallest absolute Gasteiger partial charge is 0.338 e. The van der Waals surface area contributed by atoms with E-state index in [2.05, 4.69) is 0 Å². The van der Waals surface area contributed by atoms with Gasteiger partial charge in [0.05, 0.1) is 5.56 Å². The van der Waals surface area contributed by atoms with Crippen LogP contribution in [-0.2, 0) is 11.3 Å². The van der Waals surface area contributed by atoms with Crippen molar-refractivity contribution in [1.82, 2.24) is 0 Å². The number of carbonyl (C=O) groups is 1. The van der Waals surface area contributed by atoms with Gasteiger partial charge in [-0.05, 0) is 29.0 Å². The Morgan fingerprint density at radius 2 is 1.70 bits per heavy atom. The van der Waals surface area contributed by atoms with E-state index in [-0.39, 0.29) is 12.2 Å². The third kappa shape index (κ3) is 3.29. The Morgan fingerprint density at radius 3 is 2.48 bits per heavy atom. The lowest BCUT2D eigenvalue weighted by Crippen LogP contribution is -2.08. The second kappa shape index (κ2) is 6.64. The number of esters is 1. The van der Waals surface area contributed by atoms with E-state index < -0.39 is 23.2 Å². The van der Waals surface area contributed by atoms with Crippen LogP contribution in [0.1, 0.15) is 15.9 Å². The van der Waals surface area contributed by atoms with Crippen LogP contribution in [0.15, 0.2) is 69.9 Å². The van der Waals surface area contributed by atoms with Crippen LogP contribution in [0.3, 0.4) is 0 Å². The molecule has 4 rings (SSSR count). The fraction of sp³-hybridized carbons (Fsp3) is 0.0476. The molecular weight excluding hydrogens is 354 g/mol. The van der Waals surface area contributed by atoms with Crippen LogP contribution >= 0.6 is 0 Å². The summed E-state index contributed by atoms with van der Waals surface area (Å²) in [6, 6.07) is 14.7. The monoisotopic (exact) mass is 366 g/mol. The summed E-state index contributed by atoms with van der Waals surface area (Å²) in [4.78, 5) is 24.0. The van der Waals surface area contributed by atoms with Crippen LogP contribution in [0.5, 0.6) is 0 Å². The first kappa shape index (κ1) is 16.9. The van der Waals surface area contributed by atoms with Crippen molar-refractivity contribution in [2.45, 2.75) is 6.61 Å². The first-order valence-electron chi connectivity index (χ1n) is 8.09. The molecule has 4 nitrogen and oxygen atoms in total. The summed E-state index contributed by atoms with van der Waals surface area (Å²) in [7, 11) is 0. The molecule has 3 aromatic carbocycles.